The first-order valence-electron chi connectivity index (χ1n) is 8.77. The first-order chi connectivity index (χ1) is 12.9. The summed E-state index contributed by atoms with van der Waals surface area (Å²) in [5.74, 6) is -0.186. The Morgan fingerprint density at radius 3 is 2.74 bits per heavy atom. The molecule has 1 aromatic heterocycles. The van der Waals surface area contributed by atoms with Crippen molar-refractivity contribution in [3.63, 3.8) is 0 Å². The van der Waals surface area contributed by atoms with Crippen molar-refractivity contribution in [3.8, 4) is 0 Å². The quantitative estimate of drug-likeness (QED) is 0.764. The van der Waals surface area contributed by atoms with Gasteiger partial charge < -0.3 is 4.90 Å². The van der Waals surface area contributed by atoms with E-state index < -0.39 is 15.3 Å². The second-order valence-electron chi connectivity index (χ2n) is 6.68. The van der Waals surface area contributed by atoms with Gasteiger partial charge in [-0.25, -0.2) is 12.7 Å². The second kappa shape index (κ2) is 8.37. The Balaban J connectivity index is 1.71. The summed E-state index contributed by atoms with van der Waals surface area (Å²) in [5.41, 5.74) is 1.35. The van der Waals surface area contributed by atoms with Gasteiger partial charge in [-0.15, -0.1) is 0 Å². The van der Waals surface area contributed by atoms with Crippen LogP contribution in [0.4, 0.5) is 0 Å². The molecule has 0 saturated carbocycles. The van der Waals surface area contributed by atoms with Crippen LogP contribution in [0, 0.1) is 0 Å². The number of hydrogen-bond acceptors (Lipinski definition) is 4. The lowest BCUT2D eigenvalue weighted by Gasteiger charge is -2.34. The van der Waals surface area contributed by atoms with Gasteiger partial charge >= 0.3 is 0 Å². The largest absolute Gasteiger partial charge is 0.337 e. The van der Waals surface area contributed by atoms with E-state index in [1.807, 2.05) is 0 Å². The van der Waals surface area contributed by atoms with Gasteiger partial charge in [0.05, 0.1) is 5.25 Å². The van der Waals surface area contributed by atoms with Crippen LogP contribution in [0.5, 0.6) is 0 Å². The highest BCUT2D eigenvalue weighted by molar-refractivity contribution is 7.89. The molecule has 0 aliphatic carbocycles. The normalized spacial score (nSPS) is 17.9. The van der Waals surface area contributed by atoms with E-state index in [1.54, 1.807) is 60.7 Å². The fraction of sp³-hybridized carbons (Fsp3) is 0.368. The number of rotatable bonds is 5. The van der Waals surface area contributed by atoms with Crippen molar-refractivity contribution in [1.82, 2.24) is 14.2 Å². The molecule has 27 heavy (non-hydrogen) atoms. The number of sulfonamides is 1. The number of halogens is 1. The third-order valence-corrected chi connectivity index (χ3v) is 7.21. The monoisotopic (exact) mass is 407 g/mol. The predicted molar refractivity (Wildman–Crippen MR) is 105 cm³/mol. The summed E-state index contributed by atoms with van der Waals surface area (Å²) >= 11 is 5.97. The minimum Gasteiger partial charge on any atom is -0.337 e. The Labute approximate surface area is 164 Å². The molecule has 8 heteroatoms. The lowest BCUT2D eigenvalue weighted by molar-refractivity contribution is 0.0725. The topological polar surface area (TPSA) is 70.6 Å². The predicted octanol–water partition coefficient (Wildman–Crippen LogP) is 2.80. The van der Waals surface area contributed by atoms with Crippen LogP contribution in [0.2, 0.25) is 5.02 Å². The number of amides is 1. The molecule has 2 aromatic rings. The summed E-state index contributed by atoms with van der Waals surface area (Å²) in [4.78, 5) is 18.3. The molecular weight excluding hydrogens is 386 g/mol. The van der Waals surface area contributed by atoms with Crippen LogP contribution in [0.1, 0.15) is 28.8 Å². The van der Waals surface area contributed by atoms with Gasteiger partial charge in [-0.3, -0.25) is 9.78 Å². The molecule has 1 atom stereocenters. The van der Waals surface area contributed by atoms with Crippen LogP contribution in [0.3, 0.4) is 0 Å². The molecule has 2 heterocycles. The van der Waals surface area contributed by atoms with E-state index in [-0.39, 0.29) is 19.0 Å². The van der Waals surface area contributed by atoms with Crippen molar-refractivity contribution in [2.45, 2.75) is 24.6 Å². The van der Waals surface area contributed by atoms with Crippen molar-refractivity contribution < 1.29 is 13.2 Å². The maximum Gasteiger partial charge on any atom is 0.253 e. The molecule has 0 N–H and O–H groups in total. The number of carbonyl (C=O) groups excluding carboxylic acids is 1. The highest BCUT2D eigenvalue weighted by Crippen LogP contribution is 2.23. The number of pyridine rings is 1. The highest BCUT2D eigenvalue weighted by Gasteiger charge is 2.35. The summed E-state index contributed by atoms with van der Waals surface area (Å²) in [6.07, 6.45) is 4.48. The van der Waals surface area contributed by atoms with E-state index in [0.717, 1.165) is 5.56 Å². The summed E-state index contributed by atoms with van der Waals surface area (Å²) in [6, 6.07) is 10.3. The Bertz CT molecular complexity index is 905. The number of likely N-dealkylation sites (tertiary alicyclic amines) is 1. The third-order valence-electron chi connectivity index (χ3n) is 4.75. The molecule has 3 rings (SSSR count). The zero-order chi connectivity index (χ0) is 19.4. The number of piperidine rings is 1. The van der Waals surface area contributed by atoms with Gasteiger partial charge in [0.2, 0.25) is 10.0 Å². The first-order valence-corrected chi connectivity index (χ1v) is 10.6. The number of nitrogens with zero attached hydrogens (tertiary/aromatic N) is 3. The van der Waals surface area contributed by atoms with Crippen molar-refractivity contribution in [2.75, 3.05) is 20.1 Å². The number of hydrogen-bond donors (Lipinski definition) is 0. The van der Waals surface area contributed by atoms with Gasteiger partial charge in [-0.1, -0.05) is 17.7 Å². The average molecular weight is 408 g/mol. The fourth-order valence-electron chi connectivity index (χ4n) is 3.26. The Morgan fingerprint density at radius 1 is 1.30 bits per heavy atom. The van der Waals surface area contributed by atoms with Gasteiger partial charge in [0.25, 0.3) is 5.91 Å². The van der Waals surface area contributed by atoms with E-state index in [2.05, 4.69) is 4.98 Å². The zero-order valence-electron chi connectivity index (χ0n) is 15.1. The van der Waals surface area contributed by atoms with E-state index >= 15 is 0 Å². The van der Waals surface area contributed by atoms with Crippen LogP contribution in [0.25, 0.3) is 0 Å². The maximum absolute atomic E-state index is 13.0. The molecule has 0 spiro atoms. The molecule has 1 amide bonds. The first kappa shape index (κ1) is 19.8. The van der Waals surface area contributed by atoms with Crippen molar-refractivity contribution in [3.05, 3.63) is 64.9 Å². The Kier molecular flexibility index (Phi) is 6.14. The maximum atomic E-state index is 13.0. The molecule has 1 aliphatic heterocycles. The molecular formula is C19H22ClN3O3S. The standard InChI is InChI=1S/C19H22ClN3O3S/c1-22(13-15-7-9-21-10-8-15)27(25,26)18-6-3-11-23(14-18)19(24)16-4-2-5-17(20)12-16/h2,4-5,7-10,12,18H,3,6,11,13-14H2,1H3. The highest BCUT2D eigenvalue weighted by atomic mass is 35.5. The fourth-order valence-corrected chi connectivity index (χ4v) is 5.12. The van der Waals surface area contributed by atoms with Crippen molar-refractivity contribution in [2.24, 2.45) is 0 Å². The summed E-state index contributed by atoms with van der Waals surface area (Å²) in [5, 5.41) is -0.125. The smallest absolute Gasteiger partial charge is 0.253 e. The Morgan fingerprint density at radius 2 is 2.04 bits per heavy atom. The van der Waals surface area contributed by atoms with Gasteiger partial charge in [0.15, 0.2) is 0 Å². The average Bonchev–Trinajstić information content (AvgIpc) is 2.68. The molecule has 1 unspecified atom stereocenters. The van der Waals surface area contributed by atoms with Crippen LogP contribution < -0.4 is 0 Å². The molecule has 0 radical (unpaired) electrons. The molecule has 6 nitrogen and oxygen atoms in total. The number of benzene rings is 1. The molecule has 1 aromatic carbocycles. The van der Waals surface area contributed by atoms with Crippen molar-refractivity contribution >= 4 is 27.5 Å². The van der Waals surface area contributed by atoms with Crippen LogP contribution in [0.15, 0.2) is 48.8 Å². The lowest BCUT2D eigenvalue weighted by atomic mass is 10.1. The van der Waals surface area contributed by atoms with Crippen LogP contribution >= 0.6 is 11.6 Å². The minimum atomic E-state index is -3.52. The van der Waals surface area contributed by atoms with Gasteiger partial charge in [-0.05, 0) is 48.7 Å². The molecule has 0 bridgehead atoms. The van der Waals surface area contributed by atoms with Gasteiger partial charge in [0, 0.05) is 49.7 Å². The summed E-state index contributed by atoms with van der Waals surface area (Å²) in [7, 11) is -1.95. The zero-order valence-corrected chi connectivity index (χ0v) is 16.7. The van der Waals surface area contributed by atoms with E-state index in [1.165, 1.54) is 4.31 Å². The number of carbonyl (C=O) groups is 1. The van der Waals surface area contributed by atoms with E-state index in [4.69, 9.17) is 11.6 Å². The van der Waals surface area contributed by atoms with Gasteiger partial charge in [-0.2, -0.15) is 0 Å². The molecule has 1 aliphatic rings. The van der Waals surface area contributed by atoms with Crippen LogP contribution in [-0.2, 0) is 16.6 Å². The molecule has 1 saturated heterocycles. The SMILES string of the molecule is CN(Cc1ccncc1)S(=O)(=O)C1CCCN(C(=O)c2cccc(Cl)c2)C1. The Hall–Kier alpha value is -1.96. The molecule has 144 valence electrons. The van der Waals surface area contributed by atoms with E-state index in [0.29, 0.717) is 30.0 Å². The second-order valence-corrected chi connectivity index (χ2v) is 9.44. The lowest BCUT2D eigenvalue weighted by Crippen LogP contribution is -2.48. The minimum absolute atomic E-state index is 0.186. The van der Waals surface area contributed by atoms with Crippen molar-refractivity contribution in [1.29, 1.82) is 0 Å². The summed E-state index contributed by atoms with van der Waals surface area (Å²) in [6.45, 7) is 1.02. The number of aromatic nitrogens is 1. The third kappa shape index (κ3) is 4.66. The molecule has 1 fully saturated rings. The summed E-state index contributed by atoms with van der Waals surface area (Å²) < 4.78 is 27.4. The van der Waals surface area contributed by atoms with E-state index in [9.17, 15) is 13.2 Å². The van der Waals surface area contributed by atoms with Crippen LogP contribution in [-0.4, -0.2) is 53.9 Å². The van der Waals surface area contributed by atoms with Gasteiger partial charge in [0.1, 0.15) is 0 Å².